The van der Waals surface area contributed by atoms with E-state index in [1.807, 2.05) is 26.0 Å². The molecule has 0 aliphatic rings. The van der Waals surface area contributed by atoms with Crippen molar-refractivity contribution in [3.05, 3.63) is 35.5 Å². The number of anilines is 3. The molecule has 7 heteroatoms. The van der Waals surface area contributed by atoms with Crippen LogP contribution in [0.5, 0.6) is 0 Å². The second kappa shape index (κ2) is 6.60. The van der Waals surface area contributed by atoms with Gasteiger partial charge in [-0.2, -0.15) is 5.10 Å². The predicted molar refractivity (Wildman–Crippen MR) is 84.8 cm³/mol. The van der Waals surface area contributed by atoms with Crippen LogP contribution in [0.2, 0.25) is 5.02 Å². The Balaban J connectivity index is 2.10. The molecule has 2 aromatic rings. The molecule has 1 heterocycles. The summed E-state index contributed by atoms with van der Waals surface area (Å²) in [6, 6.07) is 6.68. The van der Waals surface area contributed by atoms with Crippen LogP contribution in [-0.4, -0.2) is 22.1 Å². The number of aromatic amines is 1. The fourth-order valence-electron chi connectivity index (χ4n) is 1.71. The van der Waals surface area contributed by atoms with Crippen molar-refractivity contribution in [2.45, 2.75) is 19.9 Å². The Labute approximate surface area is 128 Å². The Kier molecular flexibility index (Phi) is 4.82. The van der Waals surface area contributed by atoms with E-state index in [9.17, 15) is 4.79 Å². The van der Waals surface area contributed by atoms with Gasteiger partial charge in [-0.05, 0) is 24.1 Å². The molecule has 1 aromatic heterocycles. The molecule has 0 spiro atoms. The van der Waals surface area contributed by atoms with Crippen molar-refractivity contribution in [2.24, 2.45) is 11.7 Å². The van der Waals surface area contributed by atoms with Crippen molar-refractivity contribution in [3.63, 3.8) is 0 Å². The van der Waals surface area contributed by atoms with E-state index in [4.69, 9.17) is 17.3 Å². The van der Waals surface area contributed by atoms with Gasteiger partial charge in [-0.1, -0.05) is 31.5 Å². The first-order chi connectivity index (χ1) is 9.97. The van der Waals surface area contributed by atoms with Crippen LogP contribution >= 0.6 is 11.6 Å². The van der Waals surface area contributed by atoms with Crippen LogP contribution in [0.15, 0.2) is 30.5 Å². The van der Waals surface area contributed by atoms with Crippen LogP contribution in [0, 0.1) is 5.92 Å². The predicted octanol–water partition coefficient (Wildman–Crippen LogP) is 2.73. The highest BCUT2D eigenvalue weighted by atomic mass is 35.5. The molecule has 0 unspecified atom stereocenters. The smallest absolute Gasteiger partial charge is 0.242 e. The number of nitrogens with one attached hydrogen (secondary N) is 3. The molecule has 0 aliphatic carbocycles. The van der Waals surface area contributed by atoms with Crippen LogP contribution in [0.1, 0.15) is 13.8 Å². The van der Waals surface area contributed by atoms with Gasteiger partial charge in [-0.3, -0.25) is 9.89 Å². The minimum Gasteiger partial charge on any atom is -0.351 e. The van der Waals surface area contributed by atoms with Gasteiger partial charge in [-0.15, -0.1) is 0 Å². The molecule has 1 aromatic carbocycles. The molecule has 0 bridgehead atoms. The van der Waals surface area contributed by atoms with E-state index in [0.29, 0.717) is 16.5 Å². The van der Waals surface area contributed by atoms with E-state index in [1.54, 1.807) is 18.3 Å². The number of H-pyrrole nitrogens is 1. The van der Waals surface area contributed by atoms with Gasteiger partial charge in [-0.25, -0.2) is 0 Å². The van der Waals surface area contributed by atoms with Crippen molar-refractivity contribution in [1.82, 2.24) is 10.2 Å². The second-order valence-corrected chi connectivity index (χ2v) is 5.49. The lowest BCUT2D eigenvalue weighted by Crippen LogP contribution is -2.39. The molecule has 0 fully saturated rings. The van der Waals surface area contributed by atoms with Crippen LogP contribution in [0.25, 0.3) is 0 Å². The van der Waals surface area contributed by atoms with E-state index in [1.165, 1.54) is 0 Å². The summed E-state index contributed by atoms with van der Waals surface area (Å²) in [6.07, 6.45) is 1.58. The van der Waals surface area contributed by atoms with Crippen LogP contribution in [0.4, 0.5) is 17.2 Å². The molecule has 112 valence electrons. The molecule has 1 atom stereocenters. The Morgan fingerprint density at radius 1 is 1.43 bits per heavy atom. The molecular weight excluding hydrogens is 290 g/mol. The highest BCUT2D eigenvalue weighted by Gasteiger charge is 2.19. The third-order valence-corrected chi connectivity index (χ3v) is 3.25. The number of nitrogens with two attached hydrogens (primary N) is 1. The maximum Gasteiger partial charge on any atom is 0.242 e. The molecule has 5 N–H and O–H groups in total. The topological polar surface area (TPSA) is 95.8 Å². The number of rotatable bonds is 5. The minimum absolute atomic E-state index is 0.0530. The van der Waals surface area contributed by atoms with Gasteiger partial charge in [0.15, 0.2) is 5.82 Å². The second-order valence-electron chi connectivity index (χ2n) is 5.05. The zero-order valence-electron chi connectivity index (χ0n) is 11.9. The summed E-state index contributed by atoms with van der Waals surface area (Å²) in [5.41, 5.74) is 7.25. The Hall–Kier alpha value is -2.05. The Morgan fingerprint density at radius 3 is 2.86 bits per heavy atom. The average Bonchev–Trinajstić information content (AvgIpc) is 2.85. The van der Waals surface area contributed by atoms with Gasteiger partial charge in [0.25, 0.3) is 0 Å². The summed E-state index contributed by atoms with van der Waals surface area (Å²) in [5, 5.41) is 13.1. The number of hydrogen-bond acceptors (Lipinski definition) is 4. The zero-order chi connectivity index (χ0) is 15.4. The number of amides is 1. The number of carbonyl (C=O) groups excluding carboxylic acids is 1. The van der Waals surface area contributed by atoms with Gasteiger partial charge >= 0.3 is 0 Å². The minimum atomic E-state index is -0.577. The largest absolute Gasteiger partial charge is 0.351 e. The van der Waals surface area contributed by atoms with Gasteiger partial charge in [0.05, 0.1) is 12.2 Å². The fourth-order valence-corrected chi connectivity index (χ4v) is 1.90. The van der Waals surface area contributed by atoms with Crippen LogP contribution in [-0.2, 0) is 4.79 Å². The normalized spacial score (nSPS) is 12.2. The van der Waals surface area contributed by atoms with E-state index in [2.05, 4.69) is 20.8 Å². The van der Waals surface area contributed by atoms with Gasteiger partial charge in [0, 0.05) is 10.7 Å². The highest BCUT2D eigenvalue weighted by Crippen LogP contribution is 2.24. The number of benzene rings is 1. The lowest BCUT2D eigenvalue weighted by atomic mass is 10.1. The summed E-state index contributed by atoms with van der Waals surface area (Å²) in [7, 11) is 0. The fraction of sp³-hybridized carbons (Fsp3) is 0.286. The first-order valence-corrected chi connectivity index (χ1v) is 6.97. The van der Waals surface area contributed by atoms with Gasteiger partial charge < -0.3 is 16.4 Å². The Bertz CT molecular complexity index is 625. The number of nitrogens with zero attached hydrogens (tertiary/aromatic N) is 1. The van der Waals surface area contributed by atoms with E-state index in [0.717, 1.165) is 5.69 Å². The lowest BCUT2D eigenvalue weighted by molar-refractivity contribution is -0.118. The van der Waals surface area contributed by atoms with E-state index >= 15 is 0 Å². The van der Waals surface area contributed by atoms with Crippen molar-refractivity contribution in [2.75, 3.05) is 10.6 Å². The SMILES string of the molecule is CC(C)[C@H](N)C(=O)Nc1[nH]ncc1Nc1cccc(Cl)c1. The van der Waals surface area contributed by atoms with Crippen molar-refractivity contribution < 1.29 is 4.79 Å². The number of hydrogen-bond donors (Lipinski definition) is 4. The lowest BCUT2D eigenvalue weighted by Gasteiger charge is -2.15. The maximum absolute atomic E-state index is 12.0. The number of carbonyl (C=O) groups is 1. The molecule has 0 saturated carbocycles. The molecule has 0 saturated heterocycles. The maximum atomic E-state index is 12.0. The molecular formula is C14H18ClN5O. The standard InChI is InChI=1S/C14H18ClN5O/c1-8(2)12(16)14(21)19-13-11(7-17-20-13)18-10-5-3-4-9(15)6-10/h3-8,12,18H,16H2,1-2H3,(H2,17,19,20,21)/t12-/m0/s1. The van der Waals surface area contributed by atoms with Crippen molar-refractivity contribution in [1.29, 1.82) is 0 Å². The third kappa shape index (κ3) is 3.96. The molecule has 1 amide bonds. The first-order valence-electron chi connectivity index (χ1n) is 6.59. The van der Waals surface area contributed by atoms with Crippen molar-refractivity contribution >= 4 is 34.7 Å². The average molecular weight is 308 g/mol. The van der Waals surface area contributed by atoms with Crippen LogP contribution < -0.4 is 16.4 Å². The number of aromatic nitrogens is 2. The van der Waals surface area contributed by atoms with Crippen molar-refractivity contribution in [3.8, 4) is 0 Å². The van der Waals surface area contributed by atoms with Gasteiger partial charge in [0.1, 0.15) is 5.69 Å². The molecule has 0 radical (unpaired) electrons. The quantitative estimate of drug-likeness (QED) is 0.683. The summed E-state index contributed by atoms with van der Waals surface area (Å²) >= 11 is 5.94. The van der Waals surface area contributed by atoms with E-state index in [-0.39, 0.29) is 11.8 Å². The Morgan fingerprint density at radius 2 is 2.19 bits per heavy atom. The van der Waals surface area contributed by atoms with Gasteiger partial charge in [0.2, 0.25) is 5.91 Å². The summed E-state index contributed by atoms with van der Waals surface area (Å²) in [5.74, 6) is 0.261. The van der Waals surface area contributed by atoms with Crippen LogP contribution in [0.3, 0.4) is 0 Å². The third-order valence-electron chi connectivity index (χ3n) is 3.01. The summed E-state index contributed by atoms with van der Waals surface area (Å²) < 4.78 is 0. The first kappa shape index (κ1) is 15.3. The molecule has 21 heavy (non-hydrogen) atoms. The zero-order valence-corrected chi connectivity index (χ0v) is 12.6. The number of halogens is 1. The highest BCUT2D eigenvalue weighted by molar-refractivity contribution is 6.30. The molecule has 2 rings (SSSR count). The monoisotopic (exact) mass is 307 g/mol. The summed E-state index contributed by atoms with van der Waals surface area (Å²) in [4.78, 5) is 12.0. The molecule has 6 nitrogen and oxygen atoms in total. The van der Waals surface area contributed by atoms with E-state index < -0.39 is 6.04 Å². The molecule has 0 aliphatic heterocycles. The summed E-state index contributed by atoms with van der Waals surface area (Å²) in [6.45, 7) is 3.78.